The second-order valence-corrected chi connectivity index (χ2v) is 8.61. The molecule has 1 saturated carbocycles. The Morgan fingerprint density at radius 2 is 1.77 bits per heavy atom. The van der Waals surface area contributed by atoms with Crippen molar-refractivity contribution < 1.29 is 27.5 Å². The van der Waals surface area contributed by atoms with E-state index in [0.29, 0.717) is 12.8 Å². The molecule has 9 heteroatoms. The van der Waals surface area contributed by atoms with E-state index in [1.165, 1.54) is 27.4 Å². The van der Waals surface area contributed by atoms with Gasteiger partial charge < -0.3 is 10.0 Å². The molecule has 0 unspecified atom stereocenters. The molecule has 2 aliphatic rings. The average molecular weight is 384 g/mol. The van der Waals surface area contributed by atoms with Crippen LogP contribution in [0, 0.1) is 11.7 Å². The second-order valence-electron chi connectivity index (χ2n) is 6.70. The molecular formula is C17H21FN2O5S. The smallest absolute Gasteiger partial charge is 0.323 e. The molecule has 0 spiro atoms. The highest BCUT2D eigenvalue weighted by molar-refractivity contribution is 7.89. The summed E-state index contributed by atoms with van der Waals surface area (Å²) in [6.45, 7) is -0.103. The van der Waals surface area contributed by atoms with Crippen molar-refractivity contribution in [3.63, 3.8) is 0 Å². The maximum atomic E-state index is 13.8. The van der Waals surface area contributed by atoms with E-state index in [1.54, 1.807) is 0 Å². The fourth-order valence-electron chi connectivity index (χ4n) is 3.29. The lowest BCUT2D eigenvalue weighted by atomic mass is 9.96. The lowest BCUT2D eigenvalue weighted by Crippen LogP contribution is -2.46. The van der Waals surface area contributed by atoms with E-state index in [4.69, 9.17) is 5.11 Å². The van der Waals surface area contributed by atoms with Gasteiger partial charge in [-0.2, -0.15) is 4.31 Å². The van der Waals surface area contributed by atoms with Crippen molar-refractivity contribution in [1.82, 2.24) is 9.21 Å². The number of sulfonamides is 1. The first-order valence-electron chi connectivity index (χ1n) is 8.57. The number of carboxylic acid groups (broad SMARTS) is 1. The molecule has 0 aromatic heterocycles. The summed E-state index contributed by atoms with van der Waals surface area (Å²) in [6, 6.07) is 5.20. The van der Waals surface area contributed by atoms with E-state index in [1.807, 2.05) is 0 Å². The van der Waals surface area contributed by atoms with Crippen LogP contribution in [-0.4, -0.2) is 60.3 Å². The molecule has 1 aromatic carbocycles. The molecular weight excluding hydrogens is 363 g/mol. The first kappa shape index (κ1) is 18.8. The molecule has 0 atom stereocenters. The average Bonchev–Trinajstić information content (AvgIpc) is 3.44. The number of nitrogens with zero attached hydrogens (tertiary/aromatic N) is 2. The van der Waals surface area contributed by atoms with Gasteiger partial charge in [-0.25, -0.2) is 12.8 Å². The molecule has 2 fully saturated rings. The van der Waals surface area contributed by atoms with Crippen molar-refractivity contribution in [3.8, 4) is 0 Å². The zero-order valence-electron chi connectivity index (χ0n) is 14.2. The first-order valence-corrected chi connectivity index (χ1v) is 10.0. The Hall–Kier alpha value is -2.00. The van der Waals surface area contributed by atoms with Crippen LogP contribution in [0.25, 0.3) is 0 Å². The molecule has 142 valence electrons. The number of carboxylic acids is 1. The predicted octanol–water partition coefficient (Wildman–Crippen LogP) is 1.30. The number of carbonyl (C=O) groups excluding carboxylic acids is 1. The minimum Gasteiger partial charge on any atom is -0.480 e. The van der Waals surface area contributed by atoms with Crippen LogP contribution in [0.15, 0.2) is 29.2 Å². The molecule has 0 radical (unpaired) electrons. The minimum atomic E-state index is -3.95. The van der Waals surface area contributed by atoms with E-state index in [2.05, 4.69) is 0 Å². The van der Waals surface area contributed by atoms with Gasteiger partial charge in [0.1, 0.15) is 17.3 Å². The molecule has 1 aliphatic heterocycles. The van der Waals surface area contributed by atoms with E-state index in [9.17, 15) is 22.4 Å². The van der Waals surface area contributed by atoms with Crippen molar-refractivity contribution >= 4 is 21.9 Å². The van der Waals surface area contributed by atoms with Gasteiger partial charge in [-0.1, -0.05) is 12.1 Å². The third-order valence-corrected chi connectivity index (χ3v) is 6.77. The van der Waals surface area contributed by atoms with Crippen LogP contribution >= 0.6 is 0 Å². The summed E-state index contributed by atoms with van der Waals surface area (Å²) in [7, 11) is -3.95. The molecule has 7 nitrogen and oxygen atoms in total. The highest BCUT2D eigenvalue weighted by Crippen LogP contribution is 2.31. The molecule has 1 amide bonds. The number of aliphatic carboxylic acids is 1. The lowest BCUT2D eigenvalue weighted by molar-refractivity contribution is -0.147. The van der Waals surface area contributed by atoms with Crippen molar-refractivity contribution in [2.45, 2.75) is 36.6 Å². The van der Waals surface area contributed by atoms with E-state index in [0.717, 1.165) is 18.9 Å². The van der Waals surface area contributed by atoms with Gasteiger partial charge in [0.2, 0.25) is 15.9 Å². The fourth-order valence-corrected chi connectivity index (χ4v) is 4.82. The Balaban J connectivity index is 1.66. The van der Waals surface area contributed by atoms with Crippen molar-refractivity contribution in [3.05, 3.63) is 30.1 Å². The number of amides is 1. The monoisotopic (exact) mass is 384 g/mol. The Morgan fingerprint density at radius 3 is 2.31 bits per heavy atom. The summed E-state index contributed by atoms with van der Waals surface area (Å²) in [6.07, 6.45) is 2.21. The summed E-state index contributed by atoms with van der Waals surface area (Å²) in [4.78, 5) is 24.6. The van der Waals surface area contributed by atoms with Crippen LogP contribution in [-0.2, 0) is 19.6 Å². The zero-order chi connectivity index (χ0) is 18.9. The topological polar surface area (TPSA) is 95.0 Å². The Kier molecular flexibility index (Phi) is 5.29. The molecule has 0 bridgehead atoms. The van der Waals surface area contributed by atoms with Gasteiger partial charge in [0.15, 0.2) is 0 Å². The summed E-state index contributed by atoms with van der Waals surface area (Å²) >= 11 is 0. The van der Waals surface area contributed by atoms with Gasteiger partial charge in [-0.05, 0) is 37.8 Å². The highest BCUT2D eigenvalue weighted by atomic mass is 32.2. The van der Waals surface area contributed by atoms with Crippen molar-refractivity contribution in [2.24, 2.45) is 5.92 Å². The van der Waals surface area contributed by atoms with E-state index < -0.39 is 27.7 Å². The van der Waals surface area contributed by atoms with Gasteiger partial charge >= 0.3 is 5.97 Å². The maximum Gasteiger partial charge on any atom is 0.323 e. The SMILES string of the molecule is O=C(O)CN(C(=O)C1CCN(S(=O)(=O)c2ccccc2F)CC1)C1CC1. The van der Waals surface area contributed by atoms with Crippen LogP contribution < -0.4 is 0 Å². The van der Waals surface area contributed by atoms with Crippen molar-refractivity contribution in [1.29, 1.82) is 0 Å². The zero-order valence-corrected chi connectivity index (χ0v) is 15.0. The standard InChI is InChI=1S/C17H21FN2O5S/c18-14-3-1-2-4-15(14)26(24,25)19-9-7-12(8-10-19)17(23)20(11-16(21)22)13-5-6-13/h1-4,12-13H,5-11H2,(H,21,22). The molecule has 26 heavy (non-hydrogen) atoms. The van der Waals surface area contributed by atoms with E-state index in [-0.39, 0.29) is 36.5 Å². The molecule has 1 aromatic rings. The van der Waals surface area contributed by atoms with Crippen LogP contribution in [0.5, 0.6) is 0 Å². The second kappa shape index (κ2) is 7.32. The number of benzene rings is 1. The Labute approximate surface area is 151 Å². The Bertz CT molecular complexity index is 801. The van der Waals surface area contributed by atoms with Crippen LogP contribution in [0.1, 0.15) is 25.7 Å². The molecule has 1 aliphatic carbocycles. The van der Waals surface area contributed by atoms with Gasteiger partial charge in [0, 0.05) is 25.0 Å². The number of rotatable bonds is 6. The van der Waals surface area contributed by atoms with Crippen molar-refractivity contribution in [2.75, 3.05) is 19.6 Å². The van der Waals surface area contributed by atoms with Crippen LogP contribution in [0.2, 0.25) is 0 Å². The summed E-state index contributed by atoms with van der Waals surface area (Å²) in [5, 5.41) is 8.99. The summed E-state index contributed by atoms with van der Waals surface area (Å²) < 4.78 is 40.2. The largest absolute Gasteiger partial charge is 0.480 e. The highest BCUT2D eigenvalue weighted by Gasteiger charge is 2.39. The lowest BCUT2D eigenvalue weighted by Gasteiger charge is -2.33. The molecule has 1 saturated heterocycles. The molecule has 3 rings (SSSR count). The van der Waals surface area contributed by atoms with Crippen LogP contribution in [0.3, 0.4) is 0 Å². The number of piperidine rings is 1. The maximum absolute atomic E-state index is 13.8. The van der Waals surface area contributed by atoms with E-state index >= 15 is 0 Å². The number of hydrogen-bond donors (Lipinski definition) is 1. The summed E-state index contributed by atoms with van der Waals surface area (Å²) in [5.41, 5.74) is 0. The third-order valence-electron chi connectivity index (χ3n) is 4.83. The molecule has 1 heterocycles. The predicted molar refractivity (Wildman–Crippen MR) is 90.3 cm³/mol. The third kappa shape index (κ3) is 3.88. The van der Waals surface area contributed by atoms with Crippen LogP contribution in [0.4, 0.5) is 4.39 Å². The normalized spacial score (nSPS) is 19.3. The van der Waals surface area contributed by atoms with Gasteiger partial charge in [0.05, 0.1) is 0 Å². The van der Waals surface area contributed by atoms with Gasteiger partial charge in [0.25, 0.3) is 0 Å². The fraction of sp³-hybridized carbons (Fsp3) is 0.529. The van der Waals surface area contributed by atoms with Gasteiger partial charge in [-0.15, -0.1) is 0 Å². The first-order chi connectivity index (χ1) is 12.3. The number of hydrogen-bond acceptors (Lipinski definition) is 4. The Morgan fingerprint density at radius 1 is 1.15 bits per heavy atom. The number of halogens is 1. The van der Waals surface area contributed by atoms with Gasteiger partial charge in [-0.3, -0.25) is 9.59 Å². The number of carbonyl (C=O) groups is 2. The molecule has 1 N–H and O–H groups in total. The quantitative estimate of drug-likeness (QED) is 0.798. The minimum absolute atomic E-state index is 0.0150. The summed E-state index contributed by atoms with van der Waals surface area (Å²) in [5.74, 6) is -2.48.